The Bertz CT molecular complexity index is 1610. The molecule has 0 aliphatic rings. The molecule has 3 aromatic heterocycles. The minimum Gasteiger partial charge on any atom is -0.338 e. The number of para-hydroxylation sites is 3. The van der Waals surface area contributed by atoms with E-state index < -0.39 is 17.2 Å². The zero-order chi connectivity index (χ0) is 22.4. The normalized spacial score (nSPS) is 11.2. The Balaban J connectivity index is 1.54. The van der Waals surface area contributed by atoms with Crippen molar-refractivity contribution >= 4 is 33.7 Å². The number of benzene rings is 2. The largest absolute Gasteiger partial charge is 0.338 e. The highest BCUT2D eigenvalue weighted by atomic mass is 16.2. The third-order valence-corrected chi connectivity index (χ3v) is 5.38. The first-order chi connectivity index (χ1) is 15.4. The summed E-state index contributed by atoms with van der Waals surface area (Å²) in [6.07, 6.45) is 1.35. The molecule has 0 radical (unpaired) electrons. The number of carbonyl (C=O) groups excluding carboxylic acids is 1. The second kappa shape index (κ2) is 7.31. The van der Waals surface area contributed by atoms with Gasteiger partial charge in [-0.1, -0.05) is 24.3 Å². The highest BCUT2D eigenvalue weighted by molar-refractivity contribution is 6.07. The van der Waals surface area contributed by atoms with E-state index in [1.807, 2.05) is 42.5 Å². The number of aromatic amines is 1. The summed E-state index contributed by atoms with van der Waals surface area (Å²) in [4.78, 5) is 49.7. The molecule has 2 aromatic carbocycles. The van der Waals surface area contributed by atoms with Crippen LogP contribution in [-0.2, 0) is 14.1 Å². The van der Waals surface area contributed by atoms with E-state index in [9.17, 15) is 14.4 Å². The van der Waals surface area contributed by atoms with Gasteiger partial charge in [-0.15, -0.1) is 0 Å². The molecule has 0 aliphatic carbocycles. The van der Waals surface area contributed by atoms with E-state index >= 15 is 0 Å². The Morgan fingerprint density at radius 3 is 2.56 bits per heavy atom. The molecule has 32 heavy (non-hydrogen) atoms. The molecule has 0 atom stereocenters. The van der Waals surface area contributed by atoms with Gasteiger partial charge >= 0.3 is 5.69 Å². The van der Waals surface area contributed by atoms with E-state index in [0.29, 0.717) is 11.5 Å². The molecule has 0 unspecified atom stereocenters. The van der Waals surface area contributed by atoms with E-state index in [-0.39, 0.29) is 16.6 Å². The molecule has 158 valence electrons. The van der Waals surface area contributed by atoms with Gasteiger partial charge in [-0.3, -0.25) is 18.7 Å². The molecule has 1 amide bonds. The van der Waals surface area contributed by atoms with Crippen molar-refractivity contribution in [2.45, 2.75) is 0 Å². The first-order valence-corrected chi connectivity index (χ1v) is 9.85. The predicted octanol–water partition coefficient (Wildman–Crippen LogP) is 2.43. The number of hydrogen-bond acceptors (Lipinski definition) is 5. The van der Waals surface area contributed by atoms with Crippen molar-refractivity contribution in [3.8, 4) is 11.4 Å². The molecule has 0 spiro atoms. The molecular weight excluding hydrogens is 408 g/mol. The maximum Gasteiger partial charge on any atom is 0.332 e. The van der Waals surface area contributed by atoms with Gasteiger partial charge in [-0.2, -0.15) is 0 Å². The van der Waals surface area contributed by atoms with Gasteiger partial charge in [-0.05, 0) is 30.3 Å². The number of H-pyrrole nitrogens is 1. The molecule has 3 heterocycles. The van der Waals surface area contributed by atoms with Crippen molar-refractivity contribution in [3.05, 3.63) is 87.2 Å². The topological polar surface area (TPSA) is 115 Å². The standard InChI is InChI=1S/C23H18N6O3/c1-28-20-15(22(31)29(2)23(28)32)11-13(12-24-20)21(30)27-16-8-4-3-7-14(16)19-25-17-9-5-6-10-18(17)26-19/h3-12H,1-2H3,(H,25,26)(H,27,30). The zero-order valence-electron chi connectivity index (χ0n) is 17.3. The van der Waals surface area contributed by atoms with Crippen LogP contribution in [0.25, 0.3) is 33.5 Å². The predicted molar refractivity (Wildman–Crippen MR) is 122 cm³/mol. The Hall–Kier alpha value is -4.53. The van der Waals surface area contributed by atoms with Crippen molar-refractivity contribution in [1.29, 1.82) is 0 Å². The van der Waals surface area contributed by atoms with Gasteiger partial charge in [-0.25, -0.2) is 14.8 Å². The lowest BCUT2D eigenvalue weighted by Gasteiger charge is -2.11. The van der Waals surface area contributed by atoms with Crippen LogP contribution in [0.15, 0.2) is 70.4 Å². The molecular formula is C23H18N6O3. The number of pyridine rings is 1. The first-order valence-electron chi connectivity index (χ1n) is 9.85. The molecule has 0 fully saturated rings. The molecule has 0 saturated heterocycles. The summed E-state index contributed by atoms with van der Waals surface area (Å²) in [6, 6.07) is 16.4. The average Bonchev–Trinajstić information content (AvgIpc) is 3.25. The summed E-state index contributed by atoms with van der Waals surface area (Å²) in [7, 11) is 2.92. The van der Waals surface area contributed by atoms with Crippen molar-refractivity contribution in [2.75, 3.05) is 5.32 Å². The van der Waals surface area contributed by atoms with E-state index in [1.54, 1.807) is 6.07 Å². The quantitative estimate of drug-likeness (QED) is 0.460. The van der Waals surface area contributed by atoms with Gasteiger partial charge in [0.1, 0.15) is 11.5 Å². The number of aromatic nitrogens is 5. The van der Waals surface area contributed by atoms with Gasteiger partial charge in [0.25, 0.3) is 11.5 Å². The van der Waals surface area contributed by atoms with Crippen LogP contribution in [0.5, 0.6) is 0 Å². The lowest BCUT2D eigenvalue weighted by Crippen LogP contribution is -2.37. The van der Waals surface area contributed by atoms with Gasteiger partial charge < -0.3 is 10.3 Å². The van der Waals surface area contributed by atoms with Crippen LogP contribution in [0.2, 0.25) is 0 Å². The molecule has 0 aliphatic heterocycles. The number of anilines is 1. The lowest BCUT2D eigenvalue weighted by atomic mass is 10.1. The summed E-state index contributed by atoms with van der Waals surface area (Å²) >= 11 is 0. The van der Waals surface area contributed by atoms with Gasteiger partial charge in [0.2, 0.25) is 0 Å². The van der Waals surface area contributed by atoms with Crippen molar-refractivity contribution < 1.29 is 4.79 Å². The summed E-state index contributed by atoms with van der Waals surface area (Å²) in [5, 5.41) is 3.07. The van der Waals surface area contributed by atoms with Gasteiger partial charge in [0, 0.05) is 25.9 Å². The molecule has 5 aromatic rings. The second-order valence-electron chi connectivity index (χ2n) is 7.40. The third kappa shape index (κ3) is 3.07. The van der Waals surface area contributed by atoms with Crippen LogP contribution in [0.4, 0.5) is 5.69 Å². The average molecular weight is 426 g/mol. The third-order valence-electron chi connectivity index (χ3n) is 5.38. The SMILES string of the molecule is Cn1c(=O)c2cc(C(=O)Nc3ccccc3-c3nc4ccccc4[nH]3)cnc2n(C)c1=O. The Labute approximate surface area is 181 Å². The number of rotatable bonds is 3. The molecule has 0 saturated carbocycles. The molecule has 2 N–H and O–H groups in total. The number of aryl methyl sites for hydroxylation is 1. The number of fused-ring (bicyclic) bond motifs is 2. The number of nitrogens with zero attached hydrogens (tertiary/aromatic N) is 4. The second-order valence-corrected chi connectivity index (χ2v) is 7.40. The lowest BCUT2D eigenvalue weighted by molar-refractivity contribution is 0.102. The van der Waals surface area contributed by atoms with Crippen LogP contribution in [-0.4, -0.2) is 30.0 Å². The summed E-state index contributed by atoms with van der Waals surface area (Å²) in [5.74, 6) is 0.196. The summed E-state index contributed by atoms with van der Waals surface area (Å²) < 4.78 is 2.26. The Morgan fingerprint density at radius 1 is 1.00 bits per heavy atom. The van der Waals surface area contributed by atoms with Crippen molar-refractivity contribution in [3.63, 3.8) is 0 Å². The van der Waals surface area contributed by atoms with E-state index in [0.717, 1.165) is 21.2 Å². The van der Waals surface area contributed by atoms with Crippen LogP contribution in [0, 0.1) is 0 Å². The molecule has 0 bridgehead atoms. The van der Waals surface area contributed by atoms with Gasteiger partial charge in [0.05, 0.1) is 27.7 Å². The minimum atomic E-state index is -0.507. The number of nitrogens with one attached hydrogen (secondary N) is 2. The zero-order valence-corrected chi connectivity index (χ0v) is 17.3. The minimum absolute atomic E-state index is 0.188. The maximum atomic E-state index is 13.0. The number of imidazole rings is 1. The molecule has 5 rings (SSSR count). The smallest absolute Gasteiger partial charge is 0.332 e. The van der Waals surface area contributed by atoms with Crippen molar-refractivity contribution in [1.82, 2.24) is 24.1 Å². The maximum absolute atomic E-state index is 13.0. The van der Waals surface area contributed by atoms with Crippen molar-refractivity contribution in [2.24, 2.45) is 14.1 Å². The van der Waals surface area contributed by atoms with Crippen LogP contribution in [0.3, 0.4) is 0 Å². The van der Waals surface area contributed by atoms with Gasteiger partial charge in [0.15, 0.2) is 0 Å². The highest BCUT2D eigenvalue weighted by Crippen LogP contribution is 2.28. The fourth-order valence-electron chi connectivity index (χ4n) is 3.66. The fraction of sp³-hybridized carbons (Fsp3) is 0.0870. The van der Waals surface area contributed by atoms with E-state index in [1.165, 1.54) is 30.9 Å². The number of carbonyl (C=O) groups is 1. The van der Waals surface area contributed by atoms with E-state index in [4.69, 9.17) is 0 Å². The fourth-order valence-corrected chi connectivity index (χ4v) is 3.66. The number of amides is 1. The van der Waals surface area contributed by atoms with Crippen LogP contribution >= 0.6 is 0 Å². The van der Waals surface area contributed by atoms with Crippen LogP contribution in [0.1, 0.15) is 10.4 Å². The highest BCUT2D eigenvalue weighted by Gasteiger charge is 2.16. The first kappa shape index (κ1) is 19.4. The Morgan fingerprint density at radius 2 is 1.75 bits per heavy atom. The molecule has 9 heteroatoms. The monoisotopic (exact) mass is 426 g/mol. The summed E-state index contributed by atoms with van der Waals surface area (Å²) in [6.45, 7) is 0. The van der Waals surface area contributed by atoms with Crippen LogP contribution < -0.4 is 16.6 Å². The van der Waals surface area contributed by atoms with E-state index in [2.05, 4.69) is 20.3 Å². The Kier molecular flexibility index (Phi) is 4.44. The number of hydrogen-bond donors (Lipinski definition) is 2. The summed E-state index contributed by atoms with van der Waals surface area (Å²) in [5.41, 5.74) is 2.44. The molecule has 9 nitrogen and oxygen atoms in total.